The minimum atomic E-state index is -3.71. The van der Waals surface area contributed by atoms with E-state index in [9.17, 15) is 8.42 Å². The second-order valence-corrected chi connectivity index (χ2v) is 9.71. The summed E-state index contributed by atoms with van der Waals surface area (Å²) in [5.41, 5.74) is 0.868. The predicted molar refractivity (Wildman–Crippen MR) is 109 cm³/mol. The summed E-state index contributed by atoms with van der Waals surface area (Å²) in [7, 11) is -3.71. The van der Waals surface area contributed by atoms with Gasteiger partial charge < -0.3 is 9.88 Å². The summed E-state index contributed by atoms with van der Waals surface area (Å²) in [6.07, 6.45) is 5.19. The van der Waals surface area contributed by atoms with E-state index in [1.54, 1.807) is 36.5 Å². The lowest BCUT2D eigenvalue weighted by Crippen LogP contribution is -2.37. The molecule has 2 aromatic carbocycles. The molecule has 1 N–H and O–H groups in total. The summed E-state index contributed by atoms with van der Waals surface area (Å²) in [6, 6.07) is 12.1. The molecular formula is C20H20Cl2N2O2S. The lowest BCUT2D eigenvalue weighted by Gasteiger charge is -2.24. The van der Waals surface area contributed by atoms with Gasteiger partial charge in [0.1, 0.15) is 0 Å². The Balaban J connectivity index is 1.83. The van der Waals surface area contributed by atoms with Gasteiger partial charge >= 0.3 is 0 Å². The van der Waals surface area contributed by atoms with Crippen LogP contribution in [-0.4, -0.2) is 25.6 Å². The van der Waals surface area contributed by atoms with Crippen LogP contribution in [-0.2, 0) is 16.4 Å². The molecule has 1 unspecified atom stereocenters. The molecule has 0 radical (unpaired) electrons. The van der Waals surface area contributed by atoms with Crippen LogP contribution in [0.1, 0.15) is 19.3 Å². The molecule has 1 saturated heterocycles. The van der Waals surface area contributed by atoms with E-state index in [2.05, 4.69) is 5.32 Å². The summed E-state index contributed by atoms with van der Waals surface area (Å²) in [6.45, 7) is 1.73. The lowest BCUT2D eigenvalue weighted by atomic mass is 10.1. The fraction of sp³-hybridized carbons (Fsp3) is 0.300. The van der Waals surface area contributed by atoms with Gasteiger partial charge in [-0.05, 0) is 55.8 Å². The molecule has 2 heterocycles. The Bertz CT molecular complexity index is 1090. The maximum Gasteiger partial charge on any atom is 0.208 e. The van der Waals surface area contributed by atoms with Crippen molar-refractivity contribution in [2.75, 3.05) is 6.54 Å². The lowest BCUT2D eigenvalue weighted by molar-refractivity contribution is 0.366. The number of nitrogens with one attached hydrogen (secondary N) is 1. The fourth-order valence-corrected chi connectivity index (χ4v) is 5.62. The number of halogens is 2. The molecule has 0 spiro atoms. The Morgan fingerprint density at radius 2 is 1.89 bits per heavy atom. The molecule has 1 aromatic heterocycles. The molecule has 27 heavy (non-hydrogen) atoms. The quantitative estimate of drug-likeness (QED) is 0.648. The van der Waals surface area contributed by atoms with Crippen molar-refractivity contribution in [2.45, 2.75) is 41.6 Å². The number of piperidine rings is 1. The minimum Gasteiger partial charge on any atom is -0.345 e. The van der Waals surface area contributed by atoms with Crippen LogP contribution in [0, 0.1) is 0 Å². The number of rotatable bonds is 4. The molecule has 4 rings (SSSR count). The van der Waals surface area contributed by atoms with Gasteiger partial charge in [0.15, 0.2) is 0 Å². The number of aromatic nitrogens is 1. The van der Waals surface area contributed by atoms with E-state index in [-0.39, 0.29) is 9.79 Å². The number of hydrogen-bond acceptors (Lipinski definition) is 3. The van der Waals surface area contributed by atoms with Crippen LogP contribution >= 0.6 is 23.2 Å². The maximum atomic E-state index is 13.3. The van der Waals surface area contributed by atoms with Crippen LogP contribution in [0.15, 0.2) is 58.5 Å². The van der Waals surface area contributed by atoms with E-state index in [1.165, 1.54) is 18.9 Å². The summed E-state index contributed by atoms with van der Waals surface area (Å²) < 4.78 is 28.6. The van der Waals surface area contributed by atoms with Crippen molar-refractivity contribution in [3.8, 4) is 0 Å². The number of sulfone groups is 1. The van der Waals surface area contributed by atoms with Crippen molar-refractivity contribution in [1.82, 2.24) is 9.88 Å². The van der Waals surface area contributed by atoms with Crippen LogP contribution < -0.4 is 5.32 Å². The molecule has 1 aliphatic rings. The topological polar surface area (TPSA) is 51.1 Å². The van der Waals surface area contributed by atoms with Gasteiger partial charge in [-0.25, -0.2) is 8.42 Å². The maximum absolute atomic E-state index is 13.3. The molecule has 0 aliphatic carbocycles. The average Bonchev–Trinajstić information content (AvgIpc) is 3.01. The first kappa shape index (κ1) is 18.8. The SMILES string of the molecule is O=S(=O)(c1cccc(Cl)c1)c1cn(CC2CCCCN2)c2ccc(Cl)cc12. The van der Waals surface area contributed by atoms with Gasteiger partial charge in [0.25, 0.3) is 0 Å². The Kier molecular flexibility index (Phi) is 5.21. The first-order valence-electron chi connectivity index (χ1n) is 8.97. The van der Waals surface area contributed by atoms with E-state index < -0.39 is 9.84 Å². The van der Waals surface area contributed by atoms with E-state index >= 15 is 0 Å². The molecule has 1 fully saturated rings. The number of nitrogens with zero attached hydrogens (tertiary/aromatic N) is 1. The molecule has 3 aromatic rings. The van der Waals surface area contributed by atoms with Gasteiger partial charge in [0.2, 0.25) is 9.84 Å². The summed E-state index contributed by atoms with van der Waals surface area (Å²) in [4.78, 5) is 0.447. The molecule has 0 amide bonds. The predicted octanol–water partition coefficient (Wildman–Crippen LogP) is 4.92. The largest absolute Gasteiger partial charge is 0.345 e. The highest BCUT2D eigenvalue weighted by Gasteiger charge is 2.25. The molecule has 1 atom stereocenters. The van der Waals surface area contributed by atoms with Gasteiger partial charge in [0, 0.05) is 39.7 Å². The van der Waals surface area contributed by atoms with E-state index in [1.807, 2.05) is 10.6 Å². The standard InChI is InChI=1S/C20H20Cl2N2O2S/c21-14-4-3-6-17(10-14)27(25,26)20-13-24(12-16-5-1-2-9-23-16)19-8-7-15(22)11-18(19)20/h3-4,6-8,10-11,13,16,23H,1-2,5,9,12H2. The summed E-state index contributed by atoms with van der Waals surface area (Å²) >= 11 is 12.2. The summed E-state index contributed by atoms with van der Waals surface area (Å²) in [5, 5.41) is 5.06. The zero-order chi connectivity index (χ0) is 19.0. The first-order chi connectivity index (χ1) is 12.9. The van der Waals surface area contributed by atoms with Crippen LogP contribution in [0.4, 0.5) is 0 Å². The number of fused-ring (bicyclic) bond motifs is 1. The highest BCUT2D eigenvalue weighted by atomic mass is 35.5. The fourth-order valence-electron chi connectivity index (χ4n) is 3.68. The van der Waals surface area contributed by atoms with E-state index in [4.69, 9.17) is 23.2 Å². The van der Waals surface area contributed by atoms with Crippen molar-refractivity contribution in [3.63, 3.8) is 0 Å². The van der Waals surface area contributed by atoms with Crippen molar-refractivity contribution in [2.24, 2.45) is 0 Å². The van der Waals surface area contributed by atoms with Gasteiger partial charge in [-0.2, -0.15) is 0 Å². The normalized spacial score (nSPS) is 18.1. The smallest absolute Gasteiger partial charge is 0.208 e. The molecule has 0 saturated carbocycles. The molecule has 1 aliphatic heterocycles. The third kappa shape index (κ3) is 3.74. The Morgan fingerprint density at radius 3 is 2.63 bits per heavy atom. The zero-order valence-corrected chi connectivity index (χ0v) is 17.0. The second-order valence-electron chi connectivity index (χ2n) is 6.91. The van der Waals surface area contributed by atoms with Crippen LogP contribution in [0.25, 0.3) is 10.9 Å². The average molecular weight is 423 g/mol. The molecule has 4 nitrogen and oxygen atoms in total. The van der Waals surface area contributed by atoms with Gasteiger partial charge in [0.05, 0.1) is 9.79 Å². The Hall–Kier alpha value is -1.53. The van der Waals surface area contributed by atoms with Crippen molar-refractivity contribution < 1.29 is 8.42 Å². The minimum absolute atomic E-state index is 0.185. The van der Waals surface area contributed by atoms with Crippen LogP contribution in [0.2, 0.25) is 10.0 Å². The van der Waals surface area contributed by atoms with E-state index in [0.29, 0.717) is 21.5 Å². The van der Waals surface area contributed by atoms with Crippen LogP contribution in [0.3, 0.4) is 0 Å². The van der Waals surface area contributed by atoms with Crippen molar-refractivity contribution in [1.29, 1.82) is 0 Å². The van der Waals surface area contributed by atoms with Gasteiger partial charge in [-0.15, -0.1) is 0 Å². The van der Waals surface area contributed by atoms with E-state index in [0.717, 1.165) is 25.0 Å². The highest BCUT2D eigenvalue weighted by Crippen LogP contribution is 2.33. The summed E-state index contributed by atoms with van der Waals surface area (Å²) in [5.74, 6) is 0. The molecule has 7 heteroatoms. The van der Waals surface area contributed by atoms with Crippen molar-refractivity contribution in [3.05, 3.63) is 58.7 Å². The van der Waals surface area contributed by atoms with Crippen LogP contribution in [0.5, 0.6) is 0 Å². The Morgan fingerprint density at radius 1 is 1.07 bits per heavy atom. The molecule has 142 valence electrons. The first-order valence-corrected chi connectivity index (χ1v) is 11.2. The zero-order valence-electron chi connectivity index (χ0n) is 14.7. The molecular weight excluding hydrogens is 403 g/mol. The molecule has 0 bridgehead atoms. The van der Waals surface area contributed by atoms with Crippen molar-refractivity contribution >= 4 is 43.9 Å². The number of hydrogen-bond donors (Lipinski definition) is 1. The second kappa shape index (κ2) is 7.47. The monoisotopic (exact) mass is 422 g/mol. The highest BCUT2D eigenvalue weighted by molar-refractivity contribution is 7.91. The Labute approximate surface area is 169 Å². The number of benzene rings is 2. The third-order valence-corrected chi connectivity index (χ3v) is 7.28. The third-order valence-electron chi connectivity index (χ3n) is 5.03. The van der Waals surface area contributed by atoms with Gasteiger partial charge in [-0.3, -0.25) is 0 Å². The van der Waals surface area contributed by atoms with Gasteiger partial charge in [-0.1, -0.05) is 35.7 Å².